The monoisotopic (exact) mass is 491 g/mol. The van der Waals surface area contributed by atoms with E-state index in [9.17, 15) is 9.90 Å². The second-order valence-corrected chi connectivity index (χ2v) is 10.0. The highest BCUT2D eigenvalue weighted by atomic mass is 32.1. The summed E-state index contributed by atoms with van der Waals surface area (Å²) in [5.41, 5.74) is 4.54. The molecule has 1 N–H and O–H groups in total. The maximum atomic E-state index is 11.2. The molecule has 0 bridgehead atoms. The number of carboxylic acid groups (broad SMARTS) is 1. The summed E-state index contributed by atoms with van der Waals surface area (Å²) in [5, 5.41) is 11.7. The van der Waals surface area contributed by atoms with Gasteiger partial charge in [-0.3, -0.25) is 0 Å². The summed E-state index contributed by atoms with van der Waals surface area (Å²) in [6.45, 7) is 4.87. The Hall–Kier alpha value is -4.03. The van der Waals surface area contributed by atoms with Gasteiger partial charge < -0.3 is 9.67 Å². The molecule has 3 aromatic heterocycles. The summed E-state index contributed by atoms with van der Waals surface area (Å²) in [5.74, 6) is 10.8. The molecule has 0 saturated heterocycles. The van der Waals surface area contributed by atoms with E-state index < -0.39 is 5.97 Å². The Kier molecular flexibility index (Phi) is 6.29. The van der Waals surface area contributed by atoms with Crippen LogP contribution >= 0.6 is 22.7 Å². The normalized spacial score (nSPS) is 10.9. The molecule has 0 aliphatic rings. The van der Waals surface area contributed by atoms with E-state index in [0.29, 0.717) is 4.88 Å². The molecule has 3 heterocycles. The van der Waals surface area contributed by atoms with Crippen LogP contribution in [0.2, 0.25) is 0 Å². The number of aromatic carboxylic acids is 1. The number of aromatic nitrogens is 1. The molecule has 5 aromatic rings. The summed E-state index contributed by atoms with van der Waals surface area (Å²) in [6.07, 6.45) is 3.96. The van der Waals surface area contributed by atoms with Crippen LogP contribution in [0.4, 0.5) is 0 Å². The number of carbonyl (C=O) groups is 1. The number of hydrogen-bond donors (Lipinski definition) is 1. The molecule has 0 aliphatic heterocycles. The number of benzene rings is 2. The zero-order chi connectivity index (χ0) is 24.4. The third-order valence-corrected chi connectivity index (χ3v) is 7.94. The van der Waals surface area contributed by atoms with Crippen molar-refractivity contribution in [1.29, 1.82) is 0 Å². The highest BCUT2D eigenvalue weighted by Gasteiger charge is 2.13. The standard InChI is InChI=1S/C30H21NO2S2/c1-3-5-6-9-20-19-29(35-27(20)16-13-22-14-17-28(34-22)30(32)33)21-12-15-26-24(18-21)23-10-7-8-11-25(23)31(26)4-2/h7-8,10-19H,4H2,1-2H3,(H,32,33)/b16-13+. The van der Waals surface area contributed by atoms with Crippen LogP contribution in [0, 0.1) is 23.7 Å². The lowest BCUT2D eigenvalue weighted by atomic mass is 10.1. The number of rotatable bonds is 5. The van der Waals surface area contributed by atoms with Gasteiger partial charge in [0.1, 0.15) is 4.88 Å². The molecule has 5 rings (SSSR count). The van der Waals surface area contributed by atoms with Gasteiger partial charge in [0, 0.05) is 48.5 Å². The van der Waals surface area contributed by atoms with E-state index in [1.807, 2.05) is 18.2 Å². The number of thiophene rings is 2. The van der Waals surface area contributed by atoms with Gasteiger partial charge in [-0.15, -0.1) is 22.7 Å². The van der Waals surface area contributed by atoms with Crippen LogP contribution in [0.1, 0.15) is 38.8 Å². The molecule has 0 saturated carbocycles. The van der Waals surface area contributed by atoms with E-state index in [2.05, 4.69) is 83.7 Å². The van der Waals surface area contributed by atoms with Crippen LogP contribution in [0.25, 0.3) is 44.4 Å². The number of fused-ring (bicyclic) bond motifs is 3. The van der Waals surface area contributed by atoms with Crippen LogP contribution in [-0.4, -0.2) is 15.6 Å². The van der Waals surface area contributed by atoms with E-state index in [4.69, 9.17) is 0 Å². The lowest BCUT2D eigenvalue weighted by Crippen LogP contribution is -1.92. The largest absolute Gasteiger partial charge is 0.477 e. The van der Waals surface area contributed by atoms with E-state index in [1.54, 1.807) is 24.3 Å². The van der Waals surface area contributed by atoms with Crippen molar-refractivity contribution < 1.29 is 9.90 Å². The van der Waals surface area contributed by atoms with Crippen LogP contribution in [0.15, 0.2) is 60.7 Å². The Morgan fingerprint density at radius 3 is 2.57 bits per heavy atom. The van der Waals surface area contributed by atoms with E-state index in [-0.39, 0.29) is 0 Å². The summed E-state index contributed by atoms with van der Waals surface area (Å²) in [6, 6.07) is 20.8. The van der Waals surface area contributed by atoms with Gasteiger partial charge in [-0.25, -0.2) is 4.79 Å². The summed E-state index contributed by atoms with van der Waals surface area (Å²) in [4.78, 5) is 14.6. The summed E-state index contributed by atoms with van der Waals surface area (Å²) >= 11 is 2.93. The van der Waals surface area contributed by atoms with Crippen molar-refractivity contribution in [2.24, 2.45) is 0 Å². The molecule has 0 aliphatic carbocycles. The topological polar surface area (TPSA) is 42.2 Å². The smallest absolute Gasteiger partial charge is 0.345 e. The van der Waals surface area contributed by atoms with Gasteiger partial charge >= 0.3 is 5.97 Å². The number of aryl methyl sites for hydroxylation is 1. The van der Waals surface area contributed by atoms with Crippen LogP contribution < -0.4 is 0 Å². The van der Waals surface area contributed by atoms with Gasteiger partial charge in [-0.2, -0.15) is 0 Å². The average Bonchev–Trinajstić information content (AvgIpc) is 3.58. The van der Waals surface area contributed by atoms with Crippen molar-refractivity contribution in [2.45, 2.75) is 20.4 Å². The Balaban J connectivity index is 1.59. The van der Waals surface area contributed by atoms with Crippen molar-refractivity contribution >= 4 is 62.6 Å². The molecule has 3 nitrogen and oxygen atoms in total. The minimum atomic E-state index is -0.905. The van der Waals surface area contributed by atoms with Crippen LogP contribution in [-0.2, 0) is 6.54 Å². The molecular formula is C30H21NO2S2. The molecule has 0 atom stereocenters. The van der Waals surface area contributed by atoms with Gasteiger partial charge in [0.25, 0.3) is 0 Å². The first-order valence-electron chi connectivity index (χ1n) is 11.2. The van der Waals surface area contributed by atoms with E-state index in [1.165, 1.54) is 33.1 Å². The van der Waals surface area contributed by atoms with Gasteiger partial charge in [-0.05, 0) is 79.8 Å². The summed E-state index contributed by atoms with van der Waals surface area (Å²) < 4.78 is 2.35. The minimum absolute atomic E-state index is 0.328. The zero-order valence-electron chi connectivity index (χ0n) is 19.3. The molecule has 0 unspecified atom stereocenters. The lowest BCUT2D eigenvalue weighted by molar-refractivity contribution is 0.0702. The van der Waals surface area contributed by atoms with Gasteiger partial charge in [0.05, 0.1) is 0 Å². The SMILES string of the molecule is CC#CC#Cc1cc(-c2ccc3c(c2)c2ccccc2n3CC)sc1/C=C/c1ccc(C(=O)O)s1. The predicted octanol–water partition coefficient (Wildman–Crippen LogP) is 7.85. The first-order chi connectivity index (χ1) is 17.1. The van der Waals surface area contributed by atoms with E-state index in [0.717, 1.165) is 32.3 Å². The Bertz CT molecular complexity index is 1740. The van der Waals surface area contributed by atoms with Crippen molar-refractivity contribution in [3.8, 4) is 34.1 Å². The fourth-order valence-corrected chi connectivity index (χ4v) is 5.96. The van der Waals surface area contributed by atoms with Crippen molar-refractivity contribution in [3.05, 3.63) is 80.9 Å². The second-order valence-electron chi connectivity index (χ2n) is 7.85. The molecular weight excluding hydrogens is 470 g/mol. The summed E-state index contributed by atoms with van der Waals surface area (Å²) in [7, 11) is 0. The quantitative estimate of drug-likeness (QED) is 0.254. The highest BCUT2D eigenvalue weighted by molar-refractivity contribution is 7.17. The third kappa shape index (κ3) is 4.40. The number of nitrogens with zero attached hydrogens (tertiary/aromatic N) is 1. The predicted molar refractivity (Wildman–Crippen MR) is 149 cm³/mol. The molecule has 0 amide bonds. The number of carboxylic acids is 1. The van der Waals surface area contributed by atoms with Crippen molar-refractivity contribution in [2.75, 3.05) is 0 Å². The first kappa shape index (κ1) is 22.7. The Morgan fingerprint density at radius 1 is 0.971 bits per heavy atom. The lowest BCUT2D eigenvalue weighted by Gasteiger charge is -2.03. The molecule has 0 fully saturated rings. The molecule has 5 heteroatoms. The number of hydrogen-bond acceptors (Lipinski definition) is 3. The highest BCUT2D eigenvalue weighted by Crippen LogP contribution is 2.37. The average molecular weight is 492 g/mol. The Morgan fingerprint density at radius 2 is 1.80 bits per heavy atom. The van der Waals surface area contributed by atoms with Gasteiger partial charge in [0.2, 0.25) is 0 Å². The van der Waals surface area contributed by atoms with Crippen molar-refractivity contribution in [3.63, 3.8) is 0 Å². The molecule has 170 valence electrons. The van der Waals surface area contributed by atoms with E-state index >= 15 is 0 Å². The minimum Gasteiger partial charge on any atom is -0.477 e. The van der Waals surface area contributed by atoms with Gasteiger partial charge in [0.15, 0.2) is 0 Å². The zero-order valence-corrected chi connectivity index (χ0v) is 20.9. The maximum absolute atomic E-state index is 11.2. The molecule has 0 radical (unpaired) electrons. The van der Waals surface area contributed by atoms with Gasteiger partial charge in [-0.1, -0.05) is 36.1 Å². The fourth-order valence-electron chi connectivity index (χ4n) is 4.19. The third-order valence-electron chi connectivity index (χ3n) is 5.76. The molecule has 2 aromatic carbocycles. The second kappa shape index (κ2) is 9.68. The molecule has 35 heavy (non-hydrogen) atoms. The van der Waals surface area contributed by atoms with Crippen LogP contribution in [0.3, 0.4) is 0 Å². The maximum Gasteiger partial charge on any atom is 0.345 e. The number of para-hydroxylation sites is 1. The van der Waals surface area contributed by atoms with Crippen LogP contribution in [0.5, 0.6) is 0 Å². The van der Waals surface area contributed by atoms with Crippen molar-refractivity contribution in [1.82, 2.24) is 4.57 Å². The first-order valence-corrected chi connectivity index (χ1v) is 12.8. The fraction of sp³-hybridized carbons (Fsp3) is 0.100. The molecule has 0 spiro atoms. The Labute approximate surface area is 212 Å².